The number of thioether (sulfide) groups is 1. The minimum absolute atomic E-state index is 0.0238. The van der Waals surface area contributed by atoms with Crippen molar-refractivity contribution >= 4 is 34.9 Å². The first kappa shape index (κ1) is 19.1. The molecule has 0 amide bonds. The van der Waals surface area contributed by atoms with Crippen molar-refractivity contribution in [3.05, 3.63) is 28.7 Å². The van der Waals surface area contributed by atoms with Crippen molar-refractivity contribution in [3.8, 4) is 0 Å². The highest BCUT2D eigenvalue weighted by atomic mass is 32.2. The summed E-state index contributed by atoms with van der Waals surface area (Å²) in [4.78, 5) is 26.1. The molecule has 1 fully saturated rings. The zero-order valence-electron chi connectivity index (χ0n) is 14.8. The second-order valence-electron chi connectivity index (χ2n) is 6.31. The fourth-order valence-corrected chi connectivity index (χ4v) is 5.03. The highest BCUT2D eigenvalue weighted by molar-refractivity contribution is 7.99. The molecular formula is C18H23N3O3S2. The van der Waals surface area contributed by atoms with E-state index < -0.39 is 5.41 Å². The zero-order valence-corrected chi connectivity index (χ0v) is 16.5. The van der Waals surface area contributed by atoms with E-state index in [0.717, 1.165) is 24.5 Å². The molecule has 0 radical (unpaired) electrons. The molecule has 1 aliphatic rings. The average Bonchev–Trinajstić information content (AvgIpc) is 3.36. The van der Waals surface area contributed by atoms with Crippen molar-refractivity contribution in [1.82, 2.24) is 14.8 Å². The Labute approximate surface area is 161 Å². The lowest BCUT2D eigenvalue weighted by atomic mass is 9.82. The standard InChI is InChI=1S/C18H23N3O3S2/c1-2-24-16(23)18(8-3-6-15(18)22)9-12-26-17-20-19-13-21(17)10-7-14-5-4-11-25-14/h4-5,11,13H,2-3,6-10,12H2,1H3. The van der Waals surface area contributed by atoms with Crippen LogP contribution in [0.5, 0.6) is 0 Å². The molecule has 6 nitrogen and oxygen atoms in total. The van der Waals surface area contributed by atoms with Gasteiger partial charge in [-0.05, 0) is 44.1 Å². The molecule has 0 aromatic carbocycles. The van der Waals surface area contributed by atoms with Gasteiger partial charge in [-0.25, -0.2) is 0 Å². The molecule has 2 aromatic rings. The SMILES string of the molecule is CCOC(=O)C1(CCSc2nncn2CCc2cccs2)CCCC1=O. The zero-order chi connectivity index (χ0) is 18.4. The first-order valence-corrected chi connectivity index (χ1v) is 10.8. The largest absolute Gasteiger partial charge is 0.465 e. The van der Waals surface area contributed by atoms with Crippen LogP contribution in [0, 0.1) is 5.41 Å². The molecule has 140 valence electrons. The Morgan fingerprint density at radius 1 is 1.50 bits per heavy atom. The average molecular weight is 394 g/mol. The number of ketones is 1. The summed E-state index contributed by atoms with van der Waals surface area (Å²) in [7, 11) is 0. The second-order valence-corrected chi connectivity index (χ2v) is 8.41. The Hall–Kier alpha value is -1.67. The van der Waals surface area contributed by atoms with Crippen LogP contribution in [0.4, 0.5) is 0 Å². The van der Waals surface area contributed by atoms with Crippen molar-refractivity contribution in [1.29, 1.82) is 0 Å². The second kappa shape index (κ2) is 8.81. The van der Waals surface area contributed by atoms with Crippen LogP contribution in [0.25, 0.3) is 0 Å². The summed E-state index contributed by atoms with van der Waals surface area (Å²) in [6.07, 6.45) is 5.00. The molecule has 0 bridgehead atoms. The lowest BCUT2D eigenvalue weighted by molar-refractivity contribution is -0.158. The molecule has 0 aliphatic heterocycles. The molecule has 1 unspecified atom stereocenters. The molecule has 0 saturated heterocycles. The molecular weight excluding hydrogens is 370 g/mol. The van der Waals surface area contributed by atoms with Crippen LogP contribution in [0.15, 0.2) is 29.0 Å². The first-order chi connectivity index (χ1) is 12.7. The summed E-state index contributed by atoms with van der Waals surface area (Å²) >= 11 is 3.29. The maximum absolute atomic E-state index is 12.4. The molecule has 1 atom stereocenters. The van der Waals surface area contributed by atoms with Crippen LogP contribution in [0.2, 0.25) is 0 Å². The Morgan fingerprint density at radius 2 is 2.38 bits per heavy atom. The van der Waals surface area contributed by atoms with Crippen LogP contribution in [-0.4, -0.2) is 38.9 Å². The topological polar surface area (TPSA) is 74.1 Å². The minimum Gasteiger partial charge on any atom is -0.465 e. The van der Waals surface area contributed by atoms with E-state index in [2.05, 4.69) is 27.7 Å². The number of nitrogens with zero attached hydrogens (tertiary/aromatic N) is 3. The van der Waals surface area contributed by atoms with Crippen molar-refractivity contribution in [2.75, 3.05) is 12.4 Å². The third-order valence-corrected chi connectivity index (χ3v) is 6.65. The smallest absolute Gasteiger partial charge is 0.319 e. The molecule has 26 heavy (non-hydrogen) atoms. The Bertz CT molecular complexity index is 745. The molecule has 1 saturated carbocycles. The molecule has 8 heteroatoms. The van der Waals surface area contributed by atoms with Gasteiger partial charge in [0.2, 0.25) is 0 Å². The minimum atomic E-state index is -0.954. The number of Topliss-reactive ketones (excluding diaryl/α,β-unsaturated/α-hetero) is 1. The van der Waals surface area contributed by atoms with Crippen molar-refractivity contribution in [2.24, 2.45) is 5.41 Å². The van der Waals surface area contributed by atoms with Gasteiger partial charge in [-0.15, -0.1) is 21.5 Å². The van der Waals surface area contributed by atoms with Gasteiger partial charge in [0.05, 0.1) is 6.61 Å². The molecule has 0 N–H and O–H groups in total. The fraction of sp³-hybridized carbons (Fsp3) is 0.556. The summed E-state index contributed by atoms with van der Waals surface area (Å²) < 4.78 is 7.22. The van der Waals surface area contributed by atoms with Crippen molar-refractivity contribution in [2.45, 2.75) is 50.7 Å². The number of aryl methyl sites for hydroxylation is 2. The third-order valence-electron chi connectivity index (χ3n) is 4.73. The Balaban J connectivity index is 1.57. The third kappa shape index (κ3) is 4.17. The number of hydrogen-bond donors (Lipinski definition) is 0. The number of carbonyl (C=O) groups is 2. The number of esters is 1. The van der Waals surface area contributed by atoms with Crippen molar-refractivity contribution in [3.63, 3.8) is 0 Å². The van der Waals surface area contributed by atoms with Gasteiger partial charge in [0.25, 0.3) is 0 Å². The van der Waals surface area contributed by atoms with Crippen LogP contribution in [-0.2, 0) is 27.3 Å². The lowest BCUT2D eigenvalue weighted by Crippen LogP contribution is -2.37. The van der Waals surface area contributed by atoms with Crippen LogP contribution in [0.1, 0.15) is 37.5 Å². The summed E-state index contributed by atoms with van der Waals surface area (Å²) in [5, 5.41) is 11.1. The highest BCUT2D eigenvalue weighted by Crippen LogP contribution is 2.40. The highest BCUT2D eigenvalue weighted by Gasteiger charge is 2.49. The summed E-state index contributed by atoms with van der Waals surface area (Å²) in [6.45, 7) is 2.89. The molecule has 2 aromatic heterocycles. The number of rotatable bonds is 9. The lowest BCUT2D eigenvalue weighted by Gasteiger charge is -2.24. The van der Waals surface area contributed by atoms with E-state index >= 15 is 0 Å². The summed E-state index contributed by atoms with van der Waals surface area (Å²) in [6, 6.07) is 4.17. The van der Waals surface area contributed by atoms with E-state index in [1.807, 2.05) is 4.57 Å². The number of hydrogen-bond acceptors (Lipinski definition) is 7. The van der Waals surface area contributed by atoms with E-state index in [4.69, 9.17) is 4.74 Å². The van der Waals surface area contributed by atoms with Gasteiger partial charge >= 0.3 is 5.97 Å². The van der Waals surface area contributed by atoms with E-state index in [1.165, 1.54) is 4.88 Å². The van der Waals surface area contributed by atoms with Gasteiger partial charge in [-0.2, -0.15) is 0 Å². The van der Waals surface area contributed by atoms with E-state index in [1.54, 1.807) is 36.3 Å². The predicted octanol–water partition coefficient (Wildman–Crippen LogP) is 3.37. The number of thiophene rings is 1. The summed E-state index contributed by atoms with van der Waals surface area (Å²) in [5.74, 6) is 0.306. The fourth-order valence-electron chi connectivity index (χ4n) is 3.29. The molecule has 3 rings (SSSR count). The molecule has 1 aliphatic carbocycles. The van der Waals surface area contributed by atoms with Gasteiger partial charge in [-0.3, -0.25) is 9.59 Å². The van der Waals surface area contributed by atoms with Crippen LogP contribution in [0.3, 0.4) is 0 Å². The normalized spacial score (nSPS) is 19.8. The van der Waals surface area contributed by atoms with Crippen molar-refractivity contribution < 1.29 is 14.3 Å². The predicted molar refractivity (Wildman–Crippen MR) is 101 cm³/mol. The monoisotopic (exact) mass is 393 g/mol. The molecule has 0 spiro atoms. The van der Waals surface area contributed by atoms with Crippen LogP contribution >= 0.6 is 23.1 Å². The summed E-state index contributed by atoms with van der Waals surface area (Å²) in [5.41, 5.74) is -0.954. The Morgan fingerprint density at radius 3 is 3.08 bits per heavy atom. The number of aromatic nitrogens is 3. The van der Waals surface area contributed by atoms with Gasteiger partial charge < -0.3 is 9.30 Å². The number of ether oxygens (including phenoxy) is 1. The van der Waals surface area contributed by atoms with E-state index in [9.17, 15) is 9.59 Å². The maximum Gasteiger partial charge on any atom is 0.319 e. The first-order valence-electron chi connectivity index (χ1n) is 8.89. The van der Waals surface area contributed by atoms with E-state index in [-0.39, 0.29) is 11.8 Å². The van der Waals surface area contributed by atoms with Gasteiger partial charge in [0.1, 0.15) is 17.5 Å². The van der Waals surface area contributed by atoms with Crippen LogP contribution < -0.4 is 0 Å². The maximum atomic E-state index is 12.4. The van der Waals surface area contributed by atoms with Gasteiger partial charge in [0.15, 0.2) is 5.16 Å². The molecule has 2 heterocycles. The Kier molecular flexibility index (Phi) is 6.48. The van der Waals surface area contributed by atoms with Gasteiger partial charge in [0, 0.05) is 23.6 Å². The van der Waals surface area contributed by atoms with Gasteiger partial charge in [-0.1, -0.05) is 17.8 Å². The van der Waals surface area contributed by atoms with E-state index in [0.29, 0.717) is 31.6 Å². The quantitative estimate of drug-likeness (QED) is 0.369. The number of carbonyl (C=O) groups excluding carboxylic acids is 2.